The lowest BCUT2D eigenvalue weighted by Crippen LogP contribution is -2.20. The van der Waals surface area contributed by atoms with Gasteiger partial charge in [-0.2, -0.15) is 0 Å². The Morgan fingerprint density at radius 3 is 2.52 bits per heavy atom. The van der Waals surface area contributed by atoms with Crippen molar-refractivity contribution in [3.63, 3.8) is 0 Å². The molecular formula is C25H24N4O2S2. The van der Waals surface area contributed by atoms with Crippen molar-refractivity contribution in [2.75, 3.05) is 21.7 Å². The zero-order chi connectivity index (χ0) is 23.4. The Morgan fingerprint density at radius 1 is 0.909 bits per heavy atom. The fraction of sp³-hybridized carbons (Fsp3) is 0.160. The number of carbonyl (C=O) groups is 2. The summed E-state index contributed by atoms with van der Waals surface area (Å²) in [6.07, 6.45) is 0. The first-order valence-electron chi connectivity index (χ1n) is 10.4. The molecule has 3 N–H and O–H groups in total. The summed E-state index contributed by atoms with van der Waals surface area (Å²) in [6.45, 7) is 5.98. The molecule has 168 valence electrons. The van der Waals surface area contributed by atoms with Crippen LogP contribution in [0.2, 0.25) is 0 Å². The van der Waals surface area contributed by atoms with Gasteiger partial charge in [0.2, 0.25) is 5.91 Å². The molecule has 4 rings (SSSR count). The topological polar surface area (TPSA) is 83.1 Å². The number of nitrogens with one attached hydrogen (secondary N) is 3. The van der Waals surface area contributed by atoms with Crippen LogP contribution in [0.25, 0.3) is 10.2 Å². The molecule has 4 aromatic rings. The predicted molar refractivity (Wildman–Crippen MR) is 139 cm³/mol. The van der Waals surface area contributed by atoms with Crippen LogP contribution in [0.1, 0.15) is 16.7 Å². The summed E-state index contributed by atoms with van der Waals surface area (Å²) in [5.74, 6) is 0.201. The molecule has 3 amide bonds. The smallest absolute Gasteiger partial charge is 0.323 e. The van der Waals surface area contributed by atoms with Gasteiger partial charge < -0.3 is 16.0 Å². The minimum absolute atomic E-state index is 0.0738. The average molecular weight is 477 g/mol. The lowest BCUT2D eigenvalue weighted by Gasteiger charge is -2.11. The SMILES string of the molecule is Cc1cccc(NC(=O)CSc2nc3ccc(NC(=O)Nc4cccc(C)c4C)cc3s2)c1. The van der Waals surface area contributed by atoms with Gasteiger partial charge in [-0.1, -0.05) is 36.0 Å². The molecule has 0 aliphatic heterocycles. The summed E-state index contributed by atoms with van der Waals surface area (Å²) in [5, 5.41) is 8.68. The maximum atomic E-state index is 12.5. The number of benzene rings is 3. The Morgan fingerprint density at radius 2 is 1.70 bits per heavy atom. The molecule has 0 unspecified atom stereocenters. The van der Waals surface area contributed by atoms with Crippen LogP contribution >= 0.6 is 23.1 Å². The Labute approximate surface area is 200 Å². The van der Waals surface area contributed by atoms with Gasteiger partial charge in [-0.25, -0.2) is 9.78 Å². The van der Waals surface area contributed by atoms with E-state index in [9.17, 15) is 9.59 Å². The van der Waals surface area contributed by atoms with Crippen molar-refractivity contribution in [1.29, 1.82) is 0 Å². The van der Waals surface area contributed by atoms with E-state index in [0.29, 0.717) is 5.69 Å². The van der Waals surface area contributed by atoms with E-state index in [1.165, 1.54) is 23.1 Å². The number of aryl methyl sites for hydroxylation is 2. The quantitative estimate of drug-likeness (QED) is 0.274. The third-order valence-electron chi connectivity index (χ3n) is 5.11. The molecule has 1 aromatic heterocycles. The Kier molecular flexibility index (Phi) is 6.96. The number of nitrogens with zero attached hydrogens (tertiary/aromatic N) is 1. The van der Waals surface area contributed by atoms with Gasteiger partial charge in [0, 0.05) is 17.1 Å². The monoisotopic (exact) mass is 476 g/mol. The minimum atomic E-state index is -0.296. The van der Waals surface area contributed by atoms with E-state index in [-0.39, 0.29) is 17.7 Å². The van der Waals surface area contributed by atoms with Gasteiger partial charge in [-0.3, -0.25) is 4.79 Å². The third kappa shape index (κ3) is 5.91. The number of urea groups is 1. The molecule has 3 aromatic carbocycles. The van der Waals surface area contributed by atoms with Crippen LogP contribution < -0.4 is 16.0 Å². The van der Waals surface area contributed by atoms with Crippen LogP contribution in [-0.4, -0.2) is 22.7 Å². The minimum Gasteiger partial charge on any atom is -0.325 e. The highest BCUT2D eigenvalue weighted by Crippen LogP contribution is 2.31. The van der Waals surface area contributed by atoms with E-state index in [1.54, 1.807) is 0 Å². The molecule has 0 aliphatic carbocycles. The molecular weight excluding hydrogens is 452 g/mol. The van der Waals surface area contributed by atoms with Crippen LogP contribution in [0.15, 0.2) is 65.0 Å². The zero-order valence-electron chi connectivity index (χ0n) is 18.6. The van der Waals surface area contributed by atoms with E-state index in [1.807, 2.05) is 81.4 Å². The third-order valence-corrected chi connectivity index (χ3v) is 7.27. The van der Waals surface area contributed by atoms with Gasteiger partial charge in [-0.05, 0) is 73.9 Å². The van der Waals surface area contributed by atoms with Crippen LogP contribution in [0.5, 0.6) is 0 Å². The van der Waals surface area contributed by atoms with Crippen molar-refractivity contribution in [3.05, 3.63) is 77.4 Å². The molecule has 0 saturated heterocycles. The summed E-state index contributed by atoms with van der Waals surface area (Å²) in [5.41, 5.74) is 6.35. The summed E-state index contributed by atoms with van der Waals surface area (Å²) in [7, 11) is 0. The fourth-order valence-electron chi connectivity index (χ4n) is 3.26. The first kappa shape index (κ1) is 22.8. The summed E-state index contributed by atoms with van der Waals surface area (Å²) in [4.78, 5) is 29.3. The molecule has 0 spiro atoms. The molecule has 0 bridgehead atoms. The highest BCUT2D eigenvalue weighted by molar-refractivity contribution is 8.01. The van der Waals surface area contributed by atoms with Crippen LogP contribution in [0, 0.1) is 20.8 Å². The molecule has 6 nitrogen and oxygen atoms in total. The van der Waals surface area contributed by atoms with Gasteiger partial charge in [0.15, 0.2) is 4.34 Å². The number of hydrogen-bond donors (Lipinski definition) is 3. The molecule has 0 aliphatic rings. The molecule has 8 heteroatoms. The number of rotatable bonds is 6. The fourth-order valence-corrected chi connectivity index (χ4v) is 5.17. The molecule has 0 fully saturated rings. The van der Waals surface area contributed by atoms with Gasteiger partial charge >= 0.3 is 6.03 Å². The molecule has 33 heavy (non-hydrogen) atoms. The van der Waals surface area contributed by atoms with E-state index >= 15 is 0 Å². The highest BCUT2D eigenvalue weighted by Gasteiger charge is 2.11. The standard InChI is InChI=1S/C25H24N4O2S2/c1-15-6-4-8-18(12-15)26-23(30)14-32-25-29-21-11-10-19(13-22(21)33-25)27-24(31)28-20-9-5-7-16(2)17(20)3/h4-13H,14H2,1-3H3,(H,26,30)(H2,27,28,31). The number of amides is 3. The lowest BCUT2D eigenvalue weighted by molar-refractivity contribution is -0.113. The van der Waals surface area contributed by atoms with Crippen molar-refractivity contribution in [2.45, 2.75) is 25.1 Å². The molecule has 1 heterocycles. The second-order valence-corrected chi connectivity index (χ2v) is 9.95. The first-order chi connectivity index (χ1) is 15.9. The number of carbonyl (C=O) groups excluding carboxylic acids is 2. The number of thiazole rings is 1. The predicted octanol–water partition coefficient (Wildman–Crippen LogP) is 6.60. The Bertz CT molecular complexity index is 1330. The van der Waals surface area contributed by atoms with Crippen molar-refractivity contribution < 1.29 is 9.59 Å². The number of hydrogen-bond acceptors (Lipinski definition) is 5. The van der Waals surface area contributed by atoms with Crippen molar-refractivity contribution in [2.24, 2.45) is 0 Å². The number of fused-ring (bicyclic) bond motifs is 1. The molecule has 0 saturated carbocycles. The lowest BCUT2D eigenvalue weighted by atomic mass is 10.1. The summed E-state index contributed by atoms with van der Waals surface area (Å²) in [6, 6.07) is 18.8. The zero-order valence-corrected chi connectivity index (χ0v) is 20.2. The van der Waals surface area contributed by atoms with E-state index < -0.39 is 0 Å². The van der Waals surface area contributed by atoms with E-state index in [0.717, 1.165) is 42.6 Å². The van der Waals surface area contributed by atoms with Crippen LogP contribution in [0.3, 0.4) is 0 Å². The van der Waals surface area contributed by atoms with Crippen LogP contribution in [0.4, 0.5) is 21.9 Å². The average Bonchev–Trinajstić information content (AvgIpc) is 3.18. The number of aromatic nitrogens is 1. The van der Waals surface area contributed by atoms with E-state index in [4.69, 9.17) is 0 Å². The molecule has 0 radical (unpaired) electrons. The summed E-state index contributed by atoms with van der Waals surface area (Å²) < 4.78 is 1.75. The number of thioether (sulfide) groups is 1. The van der Waals surface area contributed by atoms with Gasteiger partial charge in [0.25, 0.3) is 0 Å². The second-order valence-electron chi connectivity index (χ2n) is 7.70. The second kappa shape index (κ2) is 10.1. The summed E-state index contributed by atoms with van der Waals surface area (Å²) >= 11 is 2.90. The van der Waals surface area contributed by atoms with E-state index in [2.05, 4.69) is 20.9 Å². The Balaban J connectivity index is 1.36. The molecule has 0 atom stereocenters. The van der Waals surface area contributed by atoms with Crippen molar-refractivity contribution >= 4 is 62.3 Å². The van der Waals surface area contributed by atoms with Crippen molar-refractivity contribution in [1.82, 2.24) is 4.98 Å². The van der Waals surface area contributed by atoms with Gasteiger partial charge in [0.1, 0.15) is 0 Å². The van der Waals surface area contributed by atoms with Gasteiger partial charge in [0.05, 0.1) is 16.0 Å². The first-order valence-corrected chi connectivity index (χ1v) is 12.2. The number of anilines is 3. The Hall–Kier alpha value is -3.36. The van der Waals surface area contributed by atoms with Crippen molar-refractivity contribution in [3.8, 4) is 0 Å². The highest BCUT2D eigenvalue weighted by atomic mass is 32.2. The maximum Gasteiger partial charge on any atom is 0.323 e. The van der Waals surface area contributed by atoms with Gasteiger partial charge in [-0.15, -0.1) is 11.3 Å². The normalized spacial score (nSPS) is 10.8. The maximum absolute atomic E-state index is 12.5. The van der Waals surface area contributed by atoms with Crippen LogP contribution in [-0.2, 0) is 4.79 Å². The largest absolute Gasteiger partial charge is 0.325 e.